The van der Waals surface area contributed by atoms with Crippen molar-refractivity contribution >= 4 is 11.6 Å². The van der Waals surface area contributed by atoms with Crippen molar-refractivity contribution in [3.63, 3.8) is 0 Å². The first-order valence-corrected chi connectivity index (χ1v) is 13.3. The van der Waals surface area contributed by atoms with E-state index in [0.29, 0.717) is 5.56 Å². The molecule has 8 nitrogen and oxygen atoms in total. The fourth-order valence-electron chi connectivity index (χ4n) is 3.71. The fourth-order valence-corrected chi connectivity index (χ4v) is 3.71. The van der Waals surface area contributed by atoms with E-state index in [9.17, 15) is 18.0 Å². The number of imidazole rings is 1. The van der Waals surface area contributed by atoms with Crippen LogP contribution in [0.1, 0.15) is 40.9 Å². The van der Waals surface area contributed by atoms with Crippen molar-refractivity contribution < 1.29 is 27.4 Å². The zero-order valence-corrected chi connectivity index (χ0v) is 24.0. The van der Waals surface area contributed by atoms with E-state index in [2.05, 4.69) is 21.7 Å². The number of hydrogen-bond acceptors (Lipinski definition) is 6. The highest BCUT2D eigenvalue weighted by Gasteiger charge is 2.44. The lowest BCUT2D eigenvalue weighted by Crippen LogP contribution is -2.35. The number of carbonyl (C=O) groups is 1. The van der Waals surface area contributed by atoms with Crippen LogP contribution in [-0.4, -0.2) is 47.7 Å². The number of nitrogens with one attached hydrogen (secondary N) is 2. The van der Waals surface area contributed by atoms with Gasteiger partial charge in [-0.1, -0.05) is 24.3 Å². The molecule has 0 unspecified atom stereocenters. The summed E-state index contributed by atoms with van der Waals surface area (Å²) in [5.41, 5.74) is 2.99. The van der Waals surface area contributed by atoms with Crippen LogP contribution in [0, 0.1) is 25.2 Å². The average molecular weight is 582 g/mol. The van der Waals surface area contributed by atoms with Crippen LogP contribution < -0.4 is 20.1 Å². The smallest absolute Gasteiger partial charge is 0.390 e. The lowest BCUT2D eigenvalue weighted by Gasteiger charge is -2.10. The summed E-state index contributed by atoms with van der Waals surface area (Å²) in [4.78, 5) is 16.1. The van der Waals surface area contributed by atoms with Crippen LogP contribution >= 0.6 is 0 Å². The van der Waals surface area contributed by atoms with Gasteiger partial charge in [-0.3, -0.25) is 4.79 Å². The zero-order chi connectivity index (χ0) is 30.8. The molecular weight excluding hydrogens is 547 g/mol. The maximum absolute atomic E-state index is 11.8. The number of alkyl halides is 3. The molecule has 1 amide bonds. The Balaban J connectivity index is 0.000000188. The summed E-state index contributed by atoms with van der Waals surface area (Å²) in [7, 11) is 3.13. The third kappa shape index (κ3) is 9.52. The van der Waals surface area contributed by atoms with Gasteiger partial charge in [-0.15, -0.1) is 0 Å². The number of nitrogens with zero attached hydrogens (tertiary/aromatic N) is 3. The number of benzene rings is 2. The van der Waals surface area contributed by atoms with Crippen molar-refractivity contribution in [1.29, 1.82) is 5.26 Å². The second-order valence-electron chi connectivity index (χ2n) is 9.71. The van der Waals surface area contributed by atoms with Crippen molar-refractivity contribution in [3.8, 4) is 23.3 Å². The third-order valence-corrected chi connectivity index (χ3v) is 6.31. The molecule has 2 aromatic heterocycles. The molecule has 42 heavy (non-hydrogen) atoms. The van der Waals surface area contributed by atoms with E-state index in [4.69, 9.17) is 14.7 Å². The van der Waals surface area contributed by atoms with Crippen molar-refractivity contribution in [1.82, 2.24) is 20.0 Å². The first kappa shape index (κ1) is 32.0. The Kier molecular flexibility index (Phi) is 10.9. The van der Waals surface area contributed by atoms with Gasteiger partial charge in [0.2, 0.25) is 0 Å². The highest BCUT2D eigenvalue weighted by Crippen LogP contribution is 2.34. The number of methoxy groups -OCH3 is 1. The maximum Gasteiger partial charge on any atom is 0.390 e. The fraction of sp³-hybridized carbons (Fsp3) is 0.323. The molecule has 0 bridgehead atoms. The van der Waals surface area contributed by atoms with Gasteiger partial charge in [-0.2, -0.15) is 18.4 Å². The number of rotatable bonds is 7. The van der Waals surface area contributed by atoms with Crippen molar-refractivity contribution in [2.75, 3.05) is 20.7 Å². The van der Waals surface area contributed by atoms with Crippen LogP contribution in [-0.2, 0) is 0 Å². The largest absolute Gasteiger partial charge is 0.497 e. The normalized spacial score (nSPS) is 13.0. The van der Waals surface area contributed by atoms with E-state index in [1.165, 1.54) is 7.05 Å². The van der Waals surface area contributed by atoms with E-state index in [-0.39, 0.29) is 12.5 Å². The van der Waals surface area contributed by atoms with Gasteiger partial charge in [-0.25, -0.2) is 4.98 Å². The number of aryl methyl sites for hydroxylation is 2. The van der Waals surface area contributed by atoms with Gasteiger partial charge in [0.1, 0.15) is 28.4 Å². The summed E-state index contributed by atoms with van der Waals surface area (Å²) < 4.78 is 46.6. The molecule has 11 heteroatoms. The van der Waals surface area contributed by atoms with E-state index in [0.717, 1.165) is 47.0 Å². The predicted molar refractivity (Wildman–Crippen MR) is 154 cm³/mol. The number of nitriles is 1. The minimum atomic E-state index is -4.01. The molecule has 0 saturated heterocycles. The molecule has 0 radical (unpaired) electrons. The molecule has 2 N–H and O–H groups in total. The number of pyridine rings is 1. The molecule has 0 atom stereocenters. The second-order valence-corrected chi connectivity index (χ2v) is 9.71. The summed E-state index contributed by atoms with van der Waals surface area (Å²) >= 11 is 0. The van der Waals surface area contributed by atoms with E-state index >= 15 is 0 Å². The topological polar surface area (TPSA) is 101 Å². The summed E-state index contributed by atoms with van der Waals surface area (Å²) in [5, 5.41) is 14.0. The third-order valence-electron chi connectivity index (χ3n) is 6.31. The molecule has 1 aliphatic carbocycles. The van der Waals surface area contributed by atoms with Crippen LogP contribution in [0.25, 0.3) is 5.65 Å². The molecule has 0 spiro atoms. The van der Waals surface area contributed by atoms with Gasteiger partial charge in [0.15, 0.2) is 0 Å². The molecule has 2 aromatic carbocycles. The van der Waals surface area contributed by atoms with Gasteiger partial charge < -0.3 is 24.5 Å². The van der Waals surface area contributed by atoms with Crippen LogP contribution in [0.2, 0.25) is 0 Å². The Hall–Kier alpha value is -4.56. The minimum absolute atomic E-state index is 0.00347. The van der Waals surface area contributed by atoms with Crippen molar-refractivity contribution in [2.24, 2.45) is 0 Å². The van der Waals surface area contributed by atoms with Gasteiger partial charge >= 0.3 is 6.18 Å². The van der Waals surface area contributed by atoms with Crippen molar-refractivity contribution in [2.45, 2.75) is 44.8 Å². The molecule has 1 saturated carbocycles. The molecule has 222 valence electrons. The number of amides is 1. The lowest BCUT2D eigenvalue weighted by atomic mass is 10.1. The first-order chi connectivity index (χ1) is 20.0. The van der Waals surface area contributed by atoms with Gasteiger partial charge in [-0.05, 0) is 69.6 Å². The summed E-state index contributed by atoms with van der Waals surface area (Å²) in [6, 6.07) is 20.9. The standard InChI is InChI=1S/C15H14N2O2.C12H12N2O.C4H8F3N/c1-11-9-16-15-7-6-14(10-17(11)15)19-13-5-3-4-12(8-13)18-2;1-9-4-2-3-5-10(9)11(15)14-12(8-13)6-7-12;1-8-3-2-4(5,6)7/h3-10H,1-2H3;2-5H,6-7H2,1H3,(H,14,15);8H,2-3H2,1H3. The summed E-state index contributed by atoms with van der Waals surface area (Å²) in [6.07, 6.45) is 0.538. The Morgan fingerprint density at radius 1 is 1.07 bits per heavy atom. The van der Waals surface area contributed by atoms with Crippen LogP contribution in [0.3, 0.4) is 0 Å². The minimum Gasteiger partial charge on any atom is -0.497 e. The number of fused-ring (bicyclic) bond motifs is 1. The van der Waals surface area contributed by atoms with Crippen LogP contribution in [0.5, 0.6) is 17.2 Å². The number of ether oxygens (including phenoxy) is 2. The summed E-state index contributed by atoms with van der Waals surface area (Å²) in [6.45, 7) is 3.90. The number of hydrogen-bond donors (Lipinski definition) is 2. The molecule has 5 rings (SSSR count). The quantitative estimate of drug-likeness (QED) is 0.263. The molecule has 1 fully saturated rings. The zero-order valence-electron chi connectivity index (χ0n) is 24.0. The number of carbonyl (C=O) groups excluding carboxylic acids is 1. The van der Waals surface area contributed by atoms with E-state index in [1.807, 2.05) is 85.2 Å². The SMILES string of the molecule is CNCCC(F)(F)F.COc1cccc(Oc2ccc3ncc(C)n3c2)c1.Cc1ccccc1C(=O)NC1(C#N)CC1. The van der Waals surface area contributed by atoms with Crippen LogP contribution in [0.4, 0.5) is 13.2 Å². The number of halogens is 3. The van der Waals surface area contributed by atoms with Crippen molar-refractivity contribution in [3.05, 3.63) is 89.9 Å². The molecule has 0 aliphatic heterocycles. The van der Waals surface area contributed by atoms with Gasteiger partial charge in [0, 0.05) is 30.1 Å². The molecule has 2 heterocycles. The monoisotopic (exact) mass is 581 g/mol. The van der Waals surface area contributed by atoms with Gasteiger partial charge in [0.25, 0.3) is 5.91 Å². The molecule has 4 aromatic rings. The Morgan fingerprint density at radius 3 is 2.38 bits per heavy atom. The van der Waals surface area contributed by atoms with E-state index in [1.54, 1.807) is 13.2 Å². The lowest BCUT2D eigenvalue weighted by molar-refractivity contribution is -0.133. The Bertz CT molecular complexity index is 1520. The van der Waals surface area contributed by atoms with Crippen LogP contribution in [0.15, 0.2) is 73.1 Å². The maximum atomic E-state index is 11.8. The Morgan fingerprint density at radius 2 is 1.79 bits per heavy atom. The number of aromatic nitrogens is 2. The highest BCUT2D eigenvalue weighted by atomic mass is 19.4. The van der Waals surface area contributed by atoms with E-state index < -0.39 is 18.1 Å². The molecule has 1 aliphatic rings. The average Bonchev–Trinajstić information content (AvgIpc) is 3.66. The predicted octanol–water partition coefficient (Wildman–Crippen LogP) is 6.38. The van der Waals surface area contributed by atoms with Gasteiger partial charge in [0.05, 0.1) is 25.8 Å². The first-order valence-electron chi connectivity index (χ1n) is 13.3. The summed E-state index contributed by atoms with van der Waals surface area (Å²) in [5.74, 6) is 2.14. The highest BCUT2D eigenvalue weighted by molar-refractivity contribution is 5.96. The second kappa shape index (κ2) is 14.4. The molecular formula is C31H34F3N5O3. The Labute approximate surface area is 243 Å².